The van der Waals surface area contributed by atoms with Crippen LogP contribution >= 0.6 is 15.9 Å². The number of rotatable bonds is 3. The van der Waals surface area contributed by atoms with Crippen LogP contribution in [-0.4, -0.2) is 30.0 Å². The summed E-state index contributed by atoms with van der Waals surface area (Å²) >= 11 is 3.32. The van der Waals surface area contributed by atoms with Gasteiger partial charge in [0.1, 0.15) is 4.60 Å². The molecule has 0 N–H and O–H groups in total. The minimum absolute atomic E-state index is 0.325. The minimum atomic E-state index is -0.657. The fourth-order valence-electron chi connectivity index (χ4n) is 1.59. The van der Waals surface area contributed by atoms with Crippen molar-refractivity contribution in [3.8, 4) is 0 Å². The lowest BCUT2D eigenvalue weighted by molar-refractivity contribution is -0.146. The molecule has 1 aliphatic heterocycles. The van der Waals surface area contributed by atoms with E-state index in [9.17, 15) is 4.79 Å². The van der Waals surface area contributed by atoms with Gasteiger partial charge in [-0.15, -0.1) is 0 Å². The van der Waals surface area contributed by atoms with Gasteiger partial charge in [0.2, 0.25) is 0 Å². The maximum atomic E-state index is 11.7. The molecule has 6 heteroatoms. The molecule has 5 nitrogen and oxygen atoms in total. The molecule has 0 bridgehead atoms. The van der Waals surface area contributed by atoms with Crippen molar-refractivity contribution in [3.05, 3.63) is 28.5 Å². The Hall–Kier alpha value is -1.43. The van der Waals surface area contributed by atoms with Crippen LogP contribution in [0.4, 0.5) is 0 Å². The molecule has 2 rings (SSSR count). The molecule has 0 radical (unpaired) electrons. The largest absolute Gasteiger partial charge is 0.473 e. The molecule has 1 aromatic rings. The monoisotopic (exact) mass is 298 g/mol. The summed E-state index contributed by atoms with van der Waals surface area (Å²) in [6.07, 6.45) is 2.46. The molecule has 0 saturated heterocycles. The fraction of sp³-hybridized carbons (Fsp3) is 0.364. The van der Waals surface area contributed by atoms with Crippen LogP contribution in [0.3, 0.4) is 0 Å². The normalized spacial score (nSPS) is 22.2. The number of esters is 1. The first kappa shape index (κ1) is 12.0. The van der Waals surface area contributed by atoms with Crippen molar-refractivity contribution in [3.63, 3.8) is 0 Å². The molecule has 1 aromatic heterocycles. The van der Waals surface area contributed by atoms with E-state index in [1.807, 2.05) is 6.07 Å². The zero-order valence-corrected chi connectivity index (χ0v) is 10.8. The van der Waals surface area contributed by atoms with Crippen molar-refractivity contribution in [2.24, 2.45) is 4.99 Å². The predicted molar refractivity (Wildman–Crippen MR) is 64.7 cm³/mol. The SMILES string of the molecule is CCOC(=O)[C@@H]1N=CO[C@H]1c1cccnc1Br. The van der Waals surface area contributed by atoms with E-state index in [0.29, 0.717) is 11.2 Å². The lowest BCUT2D eigenvalue weighted by Gasteiger charge is -2.16. The van der Waals surface area contributed by atoms with E-state index in [0.717, 1.165) is 5.56 Å². The molecule has 0 aromatic carbocycles. The van der Waals surface area contributed by atoms with Crippen molar-refractivity contribution in [1.29, 1.82) is 0 Å². The Bertz CT molecular complexity index is 450. The number of pyridine rings is 1. The predicted octanol–water partition coefficient (Wildman–Crippen LogP) is 1.88. The Morgan fingerprint density at radius 1 is 1.65 bits per heavy atom. The topological polar surface area (TPSA) is 60.8 Å². The molecule has 17 heavy (non-hydrogen) atoms. The molecule has 0 spiro atoms. The van der Waals surface area contributed by atoms with Gasteiger partial charge in [-0.25, -0.2) is 14.8 Å². The highest BCUT2D eigenvalue weighted by Gasteiger charge is 2.36. The number of hydrogen-bond acceptors (Lipinski definition) is 5. The lowest BCUT2D eigenvalue weighted by Crippen LogP contribution is -2.26. The van der Waals surface area contributed by atoms with Crippen molar-refractivity contribution >= 4 is 28.3 Å². The molecule has 0 amide bonds. The zero-order chi connectivity index (χ0) is 12.3. The Balaban J connectivity index is 2.22. The number of carbonyl (C=O) groups excluding carboxylic acids is 1. The maximum absolute atomic E-state index is 11.7. The second kappa shape index (κ2) is 5.27. The average molecular weight is 299 g/mol. The van der Waals surface area contributed by atoms with Crippen LogP contribution in [0.5, 0.6) is 0 Å². The number of aromatic nitrogens is 1. The first-order valence-electron chi connectivity index (χ1n) is 5.18. The summed E-state index contributed by atoms with van der Waals surface area (Å²) in [5.41, 5.74) is 0.781. The first-order chi connectivity index (χ1) is 8.24. The molecule has 0 unspecified atom stereocenters. The highest BCUT2D eigenvalue weighted by Crippen LogP contribution is 2.31. The van der Waals surface area contributed by atoms with Crippen LogP contribution in [0.25, 0.3) is 0 Å². The van der Waals surface area contributed by atoms with Crippen molar-refractivity contribution in [1.82, 2.24) is 4.98 Å². The molecular formula is C11H11BrN2O3. The first-order valence-corrected chi connectivity index (χ1v) is 5.97. The van der Waals surface area contributed by atoms with E-state index in [4.69, 9.17) is 9.47 Å². The summed E-state index contributed by atoms with van der Waals surface area (Å²) in [6.45, 7) is 2.08. The number of aliphatic imine (C=N–C) groups is 1. The summed E-state index contributed by atoms with van der Waals surface area (Å²) in [5, 5.41) is 0. The van der Waals surface area contributed by atoms with E-state index in [2.05, 4.69) is 25.9 Å². The summed E-state index contributed by atoms with van der Waals surface area (Å²) in [6, 6.07) is 2.96. The van der Waals surface area contributed by atoms with E-state index in [1.54, 1.807) is 19.2 Å². The van der Waals surface area contributed by atoms with Gasteiger partial charge in [-0.1, -0.05) is 6.07 Å². The Morgan fingerprint density at radius 3 is 3.18 bits per heavy atom. The van der Waals surface area contributed by atoms with Gasteiger partial charge in [0.25, 0.3) is 0 Å². The molecule has 2 heterocycles. The quantitative estimate of drug-likeness (QED) is 0.631. The minimum Gasteiger partial charge on any atom is -0.473 e. The van der Waals surface area contributed by atoms with Crippen LogP contribution in [0.15, 0.2) is 27.9 Å². The molecule has 0 fully saturated rings. The standard InChI is InChI=1S/C11H11BrN2O3/c1-2-16-11(15)8-9(17-6-14-8)7-4-3-5-13-10(7)12/h3-6,8-9H,2H2,1H3/t8-,9+/m1/s1. The van der Waals surface area contributed by atoms with E-state index in [1.165, 1.54) is 6.40 Å². The van der Waals surface area contributed by atoms with Gasteiger partial charge in [0, 0.05) is 11.8 Å². The number of halogens is 1. The third kappa shape index (κ3) is 2.46. The van der Waals surface area contributed by atoms with Crippen LogP contribution in [0.1, 0.15) is 18.6 Å². The Kier molecular flexibility index (Phi) is 3.73. The lowest BCUT2D eigenvalue weighted by atomic mass is 10.1. The second-order valence-corrected chi connectivity index (χ2v) is 4.14. The van der Waals surface area contributed by atoms with Crippen LogP contribution in [0.2, 0.25) is 0 Å². The average Bonchev–Trinajstić information content (AvgIpc) is 2.79. The van der Waals surface area contributed by atoms with Gasteiger partial charge in [-0.05, 0) is 28.9 Å². The van der Waals surface area contributed by atoms with Gasteiger partial charge >= 0.3 is 5.97 Å². The summed E-state index contributed by atoms with van der Waals surface area (Å²) in [7, 11) is 0. The smallest absolute Gasteiger partial charge is 0.335 e. The summed E-state index contributed by atoms with van der Waals surface area (Å²) in [4.78, 5) is 19.8. The van der Waals surface area contributed by atoms with Crippen molar-refractivity contribution < 1.29 is 14.3 Å². The van der Waals surface area contributed by atoms with Gasteiger partial charge in [-0.3, -0.25) is 0 Å². The summed E-state index contributed by atoms with van der Waals surface area (Å²) < 4.78 is 10.9. The number of nitrogens with zero attached hydrogens (tertiary/aromatic N) is 2. The number of hydrogen-bond donors (Lipinski definition) is 0. The van der Waals surface area contributed by atoms with Gasteiger partial charge in [0.05, 0.1) is 6.61 Å². The summed E-state index contributed by atoms with van der Waals surface area (Å²) in [5.74, 6) is -0.387. The molecule has 2 atom stereocenters. The van der Waals surface area contributed by atoms with Crippen molar-refractivity contribution in [2.75, 3.05) is 6.61 Å². The van der Waals surface area contributed by atoms with Crippen molar-refractivity contribution in [2.45, 2.75) is 19.1 Å². The van der Waals surface area contributed by atoms with E-state index >= 15 is 0 Å². The highest BCUT2D eigenvalue weighted by atomic mass is 79.9. The second-order valence-electron chi connectivity index (χ2n) is 3.39. The maximum Gasteiger partial charge on any atom is 0.335 e. The van der Waals surface area contributed by atoms with Crippen LogP contribution < -0.4 is 0 Å². The highest BCUT2D eigenvalue weighted by molar-refractivity contribution is 9.10. The zero-order valence-electron chi connectivity index (χ0n) is 9.17. The number of ether oxygens (including phenoxy) is 2. The Labute approximate surface area is 107 Å². The van der Waals surface area contributed by atoms with Crippen LogP contribution in [-0.2, 0) is 14.3 Å². The van der Waals surface area contributed by atoms with E-state index in [-0.39, 0.29) is 5.97 Å². The molecule has 0 aliphatic carbocycles. The molecule has 1 aliphatic rings. The third-order valence-corrected chi connectivity index (χ3v) is 3.00. The fourth-order valence-corrected chi connectivity index (χ4v) is 2.06. The molecule has 0 saturated carbocycles. The van der Waals surface area contributed by atoms with Gasteiger partial charge in [-0.2, -0.15) is 0 Å². The molecule has 90 valence electrons. The molecular weight excluding hydrogens is 288 g/mol. The third-order valence-electron chi connectivity index (χ3n) is 2.34. The van der Waals surface area contributed by atoms with Gasteiger partial charge in [0.15, 0.2) is 18.5 Å². The van der Waals surface area contributed by atoms with Gasteiger partial charge < -0.3 is 9.47 Å². The van der Waals surface area contributed by atoms with Crippen LogP contribution in [0, 0.1) is 0 Å². The van der Waals surface area contributed by atoms with E-state index < -0.39 is 12.1 Å². The Morgan fingerprint density at radius 2 is 2.47 bits per heavy atom. The number of carbonyl (C=O) groups is 1.